The predicted molar refractivity (Wildman–Crippen MR) is 68.9 cm³/mol. The van der Waals surface area contributed by atoms with Gasteiger partial charge in [0.1, 0.15) is 11.5 Å². The van der Waals surface area contributed by atoms with Gasteiger partial charge in [-0.3, -0.25) is 4.79 Å². The first-order valence-corrected chi connectivity index (χ1v) is 5.81. The summed E-state index contributed by atoms with van der Waals surface area (Å²) in [4.78, 5) is 20.0. The second-order valence-corrected chi connectivity index (χ2v) is 4.39. The molecular weight excluding hydrogens is 282 g/mol. The van der Waals surface area contributed by atoms with Crippen molar-refractivity contribution >= 4 is 27.7 Å². The molecule has 0 saturated carbocycles. The number of nitrogens with zero attached hydrogens (tertiary/aromatic N) is 2. The molecule has 86 valence electrons. The summed E-state index contributed by atoms with van der Waals surface area (Å²) in [5, 5.41) is 2.68. The highest BCUT2D eigenvalue weighted by Crippen LogP contribution is 2.13. The van der Waals surface area contributed by atoms with Gasteiger partial charge < -0.3 is 5.32 Å². The zero-order valence-electron chi connectivity index (χ0n) is 9.14. The molecule has 0 fully saturated rings. The van der Waals surface area contributed by atoms with Gasteiger partial charge in [0.05, 0.1) is 0 Å². The Kier molecular flexibility index (Phi) is 3.49. The topological polar surface area (TPSA) is 54.9 Å². The summed E-state index contributed by atoms with van der Waals surface area (Å²) < 4.78 is 0.861. The monoisotopic (exact) mass is 291 g/mol. The first kappa shape index (κ1) is 11.7. The highest BCUT2D eigenvalue weighted by Gasteiger charge is 2.08. The van der Waals surface area contributed by atoms with E-state index in [2.05, 4.69) is 31.2 Å². The van der Waals surface area contributed by atoms with Gasteiger partial charge in [-0.2, -0.15) is 0 Å². The van der Waals surface area contributed by atoms with Crippen LogP contribution < -0.4 is 5.32 Å². The molecule has 0 aliphatic carbocycles. The molecule has 5 heteroatoms. The van der Waals surface area contributed by atoms with Crippen molar-refractivity contribution in [1.29, 1.82) is 0 Å². The molecule has 17 heavy (non-hydrogen) atoms. The summed E-state index contributed by atoms with van der Waals surface area (Å²) in [7, 11) is 0. The van der Waals surface area contributed by atoms with Crippen LogP contribution in [0.1, 0.15) is 16.2 Å². The molecule has 0 aromatic carbocycles. The standard InChI is InChI=1S/C12H10BrN3O/c1-8-3-2-4-10(15-8)12(17)16-11-7-9(13)5-6-14-11/h2-7H,1H3,(H,14,16,17). The van der Waals surface area contributed by atoms with Gasteiger partial charge in [-0.15, -0.1) is 0 Å². The van der Waals surface area contributed by atoms with E-state index in [0.29, 0.717) is 11.5 Å². The maximum atomic E-state index is 11.8. The molecular formula is C12H10BrN3O. The van der Waals surface area contributed by atoms with Crippen molar-refractivity contribution < 1.29 is 4.79 Å². The van der Waals surface area contributed by atoms with Crippen LogP contribution in [0.25, 0.3) is 0 Å². The molecule has 4 nitrogen and oxygen atoms in total. The molecule has 0 aliphatic rings. The summed E-state index contributed by atoms with van der Waals surface area (Å²) in [6.07, 6.45) is 1.61. The Balaban J connectivity index is 2.17. The number of nitrogens with one attached hydrogen (secondary N) is 1. The molecule has 1 N–H and O–H groups in total. The van der Waals surface area contributed by atoms with Gasteiger partial charge in [0.2, 0.25) is 0 Å². The summed E-state index contributed by atoms with van der Waals surface area (Å²) >= 11 is 3.31. The zero-order chi connectivity index (χ0) is 12.3. The lowest BCUT2D eigenvalue weighted by molar-refractivity contribution is 0.102. The minimum Gasteiger partial charge on any atom is -0.305 e. The molecule has 0 atom stereocenters. The highest BCUT2D eigenvalue weighted by molar-refractivity contribution is 9.10. The normalized spacial score (nSPS) is 10.0. The number of aryl methyl sites for hydroxylation is 1. The van der Waals surface area contributed by atoms with E-state index in [4.69, 9.17) is 0 Å². The van der Waals surface area contributed by atoms with E-state index in [1.165, 1.54) is 0 Å². The third kappa shape index (κ3) is 3.10. The Morgan fingerprint density at radius 1 is 1.35 bits per heavy atom. The third-order valence-corrected chi connectivity index (χ3v) is 2.58. The largest absolute Gasteiger partial charge is 0.305 e. The van der Waals surface area contributed by atoms with Crippen LogP contribution in [0, 0.1) is 6.92 Å². The Bertz CT molecular complexity index is 557. The lowest BCUT2D eigenvalue weighted by Gasteiger charge is -2.04. The number of amides is 1. The van der Waals surface area contributed by atoms with Crippen LogP contribution in [-0.4, -0.2) is 15.9 Å². The van der Waals surface area contributed by atoms with Gasteiger partial charge in [-0.25, -0.2) is 9.97 Å². The average molecular weight is 292 g/mol. The summed E-state index contributed by atoms with van der Waals surface area (Å²) in [5.74, 6) is 0.229. The number of anilines is 1. The number of rotatable bonds is 2. The van der Waals surface area contributed by atoms with Crippen LogP contribution in [0.5, 0.6) is 0 Å². The van der Waals surface area contributed by atoms with E-state index in [9.17, 15) is 4.79 Å². The van der Waals surface area contributed by atoms with Crippen LogP contribution in [0.3, 0.4) is 0 Å². The van der Waals surface area contributed by atoms with Crippen molar-refractivity contribution in [2.45, 2.75) is 6.92 Å². The zero-order valence-corrected chi connectivity index (χ0v) is 10.7. The summed E-state index contributed by atoms with van der Waals surface area (Å²) in [5.41, 5.74) is 1.19. The first-order chi connectivity index (χ1) is 8.15. The minimum absolute atomic E-state index is 0.265. The maximum absolute atomic E-state index is 11.8. The summed E-state index contributed by atoms with van der Waals surface area (Å²) in [6, 6.07) is 8.83. The van der Waals surface area contributed by atoms with Gasteiger partial charge in [-0.05, 0) is 31.2 Å². The van der Waals surface area contributed by atoms with Crippen molar-refractivity contribution in [3.8, 4) is 0 Å². The minimum atomic E-state index is -0.265. The van der Waals surface area contributed by atoms with Gasteiger partial charge in [0.15, 0.2) is 0 Å². The second-order valence-electron chi connectivity index (χ2n) is 3.48. The molecule has 0 saturated heterocycles. The fraction of sp³-hybridized carbons (Fsp3) is 0.0833. The number of carbonyl (C=O) groups is 1. The maximum Gasteiger partial charge on any atom is 0.275 e. The molecule has 0 spiro atoms. The van der Waals surface area contributed by atoms with Crippen LogP contribution in [-0.2, 0) is 0 Å². The molecule has 0 aliphatic heterocycles. The van der Waals surface area contributed by atoms with Gasteiger partial charge in [0.25, 0.3) is 5.91 Å². The number of halogens is 1. The van der Waals surface area contributed by atoms with Gasteiger partial charge >= 0.3 is 0 Å². The summed E-state index contributed by atoms with van der Waals surface area (Å²) in [6.45, 7) is 1.84. The first-order valence-electron chi connectivity index (χ1n) is 5.02. The Labute approximate surface area is 107 Å². The number of pyridine rings is 2. The van der Waals surface area contributed by atoms with Crippen molar-refractivity contribution in [3.05, 3.63) is 52.4 Å². The van der Waals surface area contributed by atoms with E-state index in [1.807, 2.05) is 13.0 Å². The van der Waals surface area contributed by atoms with Crippen LogP contribution in [0.4, 0.5) is 5.82 Å². The molecule has 0 radical (unpaired) electrons. The molecule has 0 unspecified atom stereocenters. The SMILES string of the molecule is Cc1cccc(C(=O)Nc2cc(Br)ccn2)n1. The lowest BCUT2D eigenvalue weighted by Crippen LogP contribution is -2.14. The number of aromatic nitrogens is 2. The molecule has 2 aromatic rings. The van der Waals surface area contributed by atoms with E-state index in [-0.39, 0.29) is 5.91 Å². The van der Waals surface area contributed by atoms with Crippen LogP contribution >= 0.6 is 15.9 Å². The number of carbonyl (C=O) groups excluding carboxylic acids is 1. The lowest BCUT2D eigenvalue weighted by atomic mass is 10.3. The third-order valence-electron chi connectivity index (χ3n) is 2.08. The van der Waals surface area contributed by atoms with Crippen molar-refractivity contribution in [3.63, 3.8) is 0 Å². The predicted octanol–water partition coefficient (Wildman–Crippen LogP) is 2.80. The van der Waals surface area contributed by atoms with E-state index < -0.39 is 0 Å². The van der Waals surface area contributed by atoms with Crippen molar-refractivity contribution in [2.24, 2.45) is 0 Å². The van der Waals surface area contributed by atoms with E-state index >= 15 is 0 Å². The number of hydrogen-bond acceptors (Lipinski definition) is 3. The average Bonchev–Trinajstić information content (AvgIpc) is 2.29. The van der Waals surface area contributed by atoms with Crippen LogP contribution in [0.15, 0.2) is 41.0 Å². The molecule has 2 heterocycles. The van der Waals surface area contributed by atoms with Crippen molar-refractivity contribution in [2.75, 3.05) is 5.32 Å². The fourth-order valence-corrected chi connectivity index (χ4v) is 1.66. The quantitative estimate of drug-likeness (QED) is 0.926. The number of hydrogen-bond donors (Lipinski definition) is 1. The Hall–Kier alpha value is -1.75. The van der Waals surface area contributed by atoms with E-state index in [1.54, 1.807) is 30.5 Å². The smallest absolute Gasteiger partial charge is 0.275 e. The van der Waals surface area contributed by atoms with Crippen molar-refractivity contribution in [1.82, 2.24) is 9.97 Å². The molecule has 2 aromatic heterocycles. The van der Waals surface area contributed by atoms with E-state index in [0.717, 1.165) is 10.2 Å². The molecule has 0 bridgehead atoms. The fourth-order valence-electron chi connectivity index (χ4n) is 1.32. The molecule has 1 amide bonds. The second kappa shape index (κ2) is 5.05. The Morgan fingerprint density at radius 2 is 2.18 bits per heavy atom. The highest BCUT2D eigenvalue weighted by atomic mass is 79.9. The molecule has 2 rings (SSSR count). The van der Waals surface area contributed by atoms with Crippen LogP contribution in [0.2, 0.25) is 0 Å². The van der Waals surface area contributed by atoms with Gasteiger partial charge in [-0.1, -0.05) is 22.0 Å². The van der Waals surface area contributed by atoms with Gasteiger partial charge in [0, 0.05) is 16.4 Å². The Morgan fingerprint density at radius 3 is 2.88 bits per heavy atom.